The van der Waals surface area contributed by atoms with E-state index in [1.54, 1.807) is 36.4 Å². The number of hydrogen-bond donors (Lipinski definition) is 1. The highest BCUT2D eigenvalue weighted by Crippen LogP contribution is 2.48. The molecule has 3 aliphatic rings. The maximum atomic E-state index is 13.9. The number of piperidine rings is 1. The topological polar surface area (TPSA) is 113 Å². The number of para-hydroxylation sites is 1. The van der Waals surface area contributed by atoms with E-state index in [-0.39, 0.29) is 12.1 Å². The Morgan fingerprint density at radius 1 is 1.06 bits per heavy atom. The largest absolute Gasteiger partial charge is 0.367 e. The van der Waals surface area contributed by atoms with E-state index in [1.807, 2.05) is 4.90 Å². The zero-order chi connectivity index (χ0) is 21.8. The number of urea groups is 1. The summed E-state index contributed by atoms with van der Waals surface area (Å²) in [5.74, 6) is -1.22. The maximum Gasteiger partial charge on any atom is 0.335 e. The number of nitro benzene ring substituents is 1. The van der Waals surface area contributed by atoms with Gasteiger partial charge in [0.05, 0.1) is 16.7 Å². The van der Waals surface area contributed by atoms with Gasteiger partial charge in [0, 0.05) is 30.8 Å². The van der Waals surface area contributed by atoms with E-state index in [0.29, 0.717) is 24.2 Å². The van der Waals surface area contributed by atoms with E-state index < -0.39 is 34.2 Å². The first-order chi connectivity index (χ1) is 14.9. The van der Waals surface area contributed by atoms with Gasteiger partial charge in [-0.25, -0.2) is 9.69 Å². The van der Waals surface area contributed by atoms with Gasteiger partial charge in [0.15, 0.2) is 5.41 Å². The van der Waals surface area contributed by atoms with Gasteiger partial charge in [-0.05, 0) is 43.0 Å². The number of carbonyl (C=O) groups excluding carboxylic acids is 3. The molecule has 2 aromatic carbocycles. The molecule has 5 rings (SSSR count). The molecule has 0 bridgehead atoms. The number of anilines is 2. The fraction of sp³-hybridized carbons (Fsp3) is 0.318. The van der Waals surface area contributed by atoms with Crippen molar-refractivity contribution in [3.8, 4) is 0 Å². The Kier molecular flexibility index (Phi) is 4.28. The smallest absolute Gasteiger partial charge is 0.335 e. The van der Waals surface area contributed by atoms with Crippen LogP contribution in [0.2, 0.25) is 0 Å². The average Bonchev–Trinajstić information content (AvgIpc) is 2.78. The zero-order valence-electron chi connectivity index (χ0n) is 16.6. The third-order valence-corrected chi connectivity index (χ3v) is 6.55. The van der Waals surface area contributed by atoms with Gasteiger partial charge in [0.25, 0.3) is 11.6 Å². The lowest BCUT2D eigenvalue weighted by Gasteiger charge is -2.53. The van der Waals surface area contributed by atoms with Crippen LogP contribution in [0.25, 0.3) is 0 Å². The van der Waals surface area contributed by atoms with E-state index in [2.05, 4.69) is 5.32 Å². The highest BCUT2D eigenvalue weighted by Gasteiger charge is 2.62. The summed E-state index contributed by atoms with van der Waals surface area (Å²) >= 11 is 0. The Morgan fingerprint density at radius 3 is 2.58 bits per heavy atom. The molecule has 9 nitrogen and oxygen atoms in total. The standard InChI is InChI=1S/C22H20N4O5/c27-19-22(20(28)25(21(29)23-19)15-6-2-1-3-7-15)13-14-12-16(26(30)31)9-10-17(14)24-11-5-4-8-18(22)24/h1-3,6-7,9-10,12,18H,4-5,8,11,13H2,(H,23,27,29)/t18-,22+/m1/s1. The predicted octanol–water partition coefficient (Wildman–Crippen LogP) is 2.78. The Bertz CT molecular complexity index is 1120. The number of nitro groups is 1. The minimum absolute atomic E-state index is 0.00641. The molecular formula is C22H20N4O5. The van der Waals surface area contributed by atoms with Crippen molar-refractivity contribution in [3.63, 3.8) is 0 Å². The van der Waals surface area contributed by atoms with Crippen LogP contribution >= 0.6 is 0 Å². The van der Waals surface area contributed by atoms with Gasteiger partial charge >= 0.3 is 6.03 Å². The van der Waals surface area contributed by atoms with Crippen LogP contribution in [0.3, 0.4) is 0 Å². The van der Waals surface area contributed by atoms with Crippen LogP contribution in [0.15, 0.2) is 48.5 Å². The van der Waals surface area contributed by atoms with Crippen LogP contribution < -0.4 is 15.1 Å². The number of nitrogens with zero attached hydrogens (tertiary/aromatic N) is 3. The van der Waals surface area contributed by atoms with Gasteiger partial charge in [-0.3, -0.25) is 25.0 Å². The molecule has 2 atom stereocenters. The number of rotatable bonds is 2. The average molecular weight is 420 g/mol. The number of fused-ring (bicyclic) bond motifs is 4. The second kappa shape index (κ2) is 6.90. The molecule has 2 fully saturated rings. The minimum atomic E-state index is -1.54. The molecule has 0 saturated carbocycles. The molecule has 2 aromatic rings. The molecule has 3 heterocycles. The van der Waals surface area contributed by atoms with Crippen LogP contribution in [-0.2, 0) is 16.0 Å². The summed E-state index contributed by atoms with van der Waals surface area (Å²) < 4.78 is 0. The third-order valence-electron chi connectivity index (χ3n) is 6.55. The lowest BCUT2D eigenvalue weighted by molar-refractivity contribution is -0.384. The number of amides is 4. The van der Waals surface area contributed by atoms with E-state index >= 15 is 0 Å². The third kappa shape index (κ3) is 2.73. The highest BCUT2D eigenvalue weighted by molar-refractivity contribution is 6.30. The number of nitrogens with one attached hydrogen (secondary N) is 1. The molecule has 4 amide bonds. The lowest BCUT2D eigenvalue weighted by Crippen LogP contribution is -2.72. The molecule has 9 heteroatoms. The van der Waals surface area contributed by atoms with Crippen LogP contribution in [0.5, 0.6) is 0 Å². The Balaban J connectivity index is 1.68. The minimum Gasteiger partial charge on any atom is -0.367 e. The van der Waals surface area contributed by atoms with Crippen LogP contribution in [-0.4, -0.2) is 35.4 Å². The molecule has 1 N–H and O–H groups in total. The molecule has 1 spiro atoms. The molecule has 31 heavy (non-hydrogen) atoms. The molecule has 3 aliphatic heterocycles. The Hall–Kier alpha value is -3.75. The Morgan fingerprint density at radius 2 is 1.84 bits per heavy atom. The van der Waals surface area contributed by atoms with Crippen molar-refractivity contribution < 1.29 is 19.3 Å². The molecule has 0 radical (unpaired) electrons. The van der Waals surface area contributed by atoms with Crippen molar-refractivity contribution in [3.05, 3.63) is 64.2 Å². The summed E-state index contributed by atoms with van der Waals surface area (Å²) in [6, 6.07) is 11.9. The number of barbiturate groups is 1. The van der Waals surface area contributed by atoms with E-state index in [0.717, 1.165) is 23.4 Å². The Labute approximate surface area is 177 Å². The number of imide groups is 2. The molecule has 0 unspecified atom stereocenters. The highest BCUT2D eigenvalue weighted by atomic mass is 16.6. The zero-order valence-corrected chi connectivity index (χ0v) is 16.6. The van der Waals surface area contributed by atoms with Crippen molar-refractivity contribution in [2.75, 3.05) is 16.3 Å². The lowest BCUT2D eigenvalue weighted by atomic mass is 9.66. The predicted molar refractivity (Wildman–Crippen MR) is 112 cm³/mol. The fourth-order valence-electron chi connectivity index (χ4n) is 5.17. The molecule has 0 aliphatic carbocycles. The first-order valence-corrected chi connectivity index (χ1v) is 10.2. The SMILES string of the molecule is O=C1NC(=O)[C@@]2(Cc3cc([N+](=O)[O-])ccc3N3CCCC[C@@H]32)C(=O)N1c1ccccc1. The van der Waals surface area contributed by atoms with Gasteiger partial charge in [-0.15, -0.1) is 0 Å². The first-order valence-electron chi connectivity index (χ1n) is 10.2. The van der Waals surface area contributed by atoms with Crippen molar-refractivity contribution >= 4 is 34.9 Å². The van der Waals surface area contributed by atoms with E-state index in [9.17, 15) is 24.5 Å². The summed E-state index contributed by atoms with van der Waals surface area (Å²) in [5.41, 5.74) is 0.128. The number of hydrogen-bond acceptors (Lipinski definition) is 6. The summed E-state index contributed by atoms with van der Waals surface area (Å²) in [5, 5.41) is 13.7. The monoisotopic (exact) mass is 420 g/mol. The van der Waals surface area contributed by atoms with Gasteiger partial charge < -0.3 is 4.90 Å². The van der Waals surface area contributed by atoms with Gasteiger partial charge in [0.1, 0.15) is 0 Å². The molecule has 2 saturated heterocycles. The first kappa shape index (κ1) is 19.2. The van der Waals surface area contributed by atoms with Gasteiger partial charge in [-0.2, -0.15) is 0 Å². The second-order valence-corrected chi connectivity index (χ2v) is 8.16. The van der Waals surface area contributed by atoms with E-state index in [4.69, 9.17) is 0 Å². The van der Waals surface area contributed by atoms with Crippen LogP contribution in [0, 0.1) is 15.5 Å². The number of benzene rings is 2. The van der Waals surface area contributed by atoms with Crippen molar-refractivity contribution in [1.29, 1.82) is 0 Å². The van der Waals surface area contributed by atoms with Crippen LogP contribution in [0.1, 0.15) is 24.8 Å². The summed E-state index contributed by atoms with van der Waals surface area (Å²) in [6.07, 6.45) is 2.37. The number of carbonyl (C=O) groups is 3. The van der Waals surface area contributed by atoms with Crippen LogP contribution in [0.4, 0.5) is 21.9 Å². The fourth-order valence-corrected chi connectivity index (χ4v) is 5.17. The van der Waals surface area contributed by atoms with Gasteiger partial charge in [-0.1, -0.05) is 18.2 Å². The summed E-state index contributed by atoms with van der Waals surface area (Å²) in [6.45, 7) is 0.636. The number of non-ortho nitro benzene ring substituents is 1. The van der Waals surface area contributed by atoms with Crippen molar-refractivity contribution in [2.45, 2.75) is 31.7 Å². The molecule has 158 valence electrons. The molecule has 0 aromatic heterocycles. The molecular weight excluding hydrogens is 400 g/mol. The maximum absolute atomic E-state index is 13.9. The van der Waals surface area contributed by atoms with Crippen molar-refractivity contribution in [1.82, 2.24) is 5.32 Å². The summed E-state index contributed by atoms with van der Waals surface area (Å²) in [7, 11) is 0. The van der Waals surface area contributed by atoms with Gasteiger partial charge in [0.2, 0.25) is 5.91 Å². The normalized spacial score (nSPS) is 25.2. The summed E-state index contributed by atoms with van der Waals surface area (Å²) in [4.78, 5) is 53.8. The quantitative estimate of drug-likeness (QED) is 0.454. The second-order valence-electron chi connectivity index (χ2n) is 8.16. The van der Waals surface area contributed by atoms with E-state index in [1.165, 1.54) is 12.1 Å². The van der Waals surface area contributed by atoms with Crippen molar-refractivity contribution in [2.24, 2.45) is 5.41 Å².